The molecule has 1 fully saturated rings. The molecule has 2 rings (SSSR count). The summed E-state index contributed by atoms with van der Waals surface area (Å²) in [6.45, 7) is 1.28. The van der Waals surface area contributed by atoms with Crippen molar-refractivity contribution < 1.29 is 14.3 Å². The van der Waals surface area contributed by atoms with Crippen LogP contribution in [-0.2, 0) is 20.7 Å². The number of aromatic nitrogens is 1. The molecule has 0 atom stereocenters. The minimum Gasteiger partial charge on any atom is -0.469 e. The van der Waals surface area contributed by atoms with Gasteiger partial charge in [0, 0.05) is 31.4 Å². The fourth-order valence-corrected chi connectivity index (χ4v) is 2.47. The third-order valence-corrected chi connectivity index (χ3v) is 3.70. The van der Waals surface area contributed by atoms with Crippen LogP contribution in [0.1, 0.15) is 25.0 Å². The SMILES string of the molecule is COC(=O)C1CCN(C(=O)CCc2ccccn2)CC1. The van der Waals surface area contributed by atoms with E-state index >= 15 is 0 Å². The first-order valence-corrected chi connectivity index (χ1v) is 6.96. The molecule has 5 nitrogen and oxygen atoms in total. The highest BCUT2D eigenvalue weighted by atomic mass is 16.5. The van der Waals surface area contributed by atoms with Gasteiger partial charge in [-0.25, -0.2) is 0 Å². The summed E-state index contributed by atoms with van der Waals surface area (Å²) in [5, 5.41) is 0. The molecule has 1 aliphatic rings. The maximum absolute atomic E-state index is 12.1. The second kappa shape index (κ2) is 7.03. The Balaban J connectivity index is 1.76. The van der Waals surface area contributed by atoms with Crippen molar-refractivity contribution >= 4 is 11.9 Å². The molecule has 1 aliphatic heterocycles. The first-order chi connectivity index (χ1) is 9.70. The summed E-state index contributed by atoms with van der Waals surface area (Å²) >= 11 is 0. The highest BCUT2D eigenvalue weighted by Gasteiger charge is 2.27. The fourth-order valence-electron chi connectivity index (χ4n) is 2.47. The lowest BCUT2D eigenvalue weighted by atomic mass is 9.96. The van der Waals surface area contributed by atoms with Gasteiger partial charge in [-0.05, 0) is 31.4 Å². The number of ether oxygens (including phenoxy) is 1. The number of carbonyl (C=O) groups is 2. The third-order valence-electron chi connectivity index (χ3n) is 3.70. The number of rotatable bonds is 4. The number of aryl methyl sites for hydroxylation is 1. The predicted molar refractivity (Wildman–Crippen MR) is 73.9 cm³/mol. The van der Waals surface area contributed by atoms with Crippen molar-refractivity contribution in [2.75, 3.05) is 20.2 Å². The molecule has 1 aromatic rings. The van der Waals surface area contributed by atoms with Crippen molar-refractivity contribution in [3.8, 4) is 0 Å². The molecule has 5 heteroatoms. The normalized spacial score (nSPS) is 15.9. The average molecular weight is 276 g/mol. The predicted octanol–water partition coefficient (Wildman–Crippen LogP) is 1.43. The summed E-state index contributed by atoms with van der Waals surface area (Å²) in [6.07, 6.45) is 4.27. The molecule has 0 bridgehead atoms. The number of nitrogens with zero attached hydrogens (tertiary/aromatic N) is 2. The van der Waals surface area contributed by atoms with E-state index in [0.29, 0.717) is 38.8 Å². The van der Waals surface area contributed by atoms with Crippen LogP contribution >= 0.6 is 0 Å². The second-order valence-corrected chi connectivity index (χ2v) is 5.00. The summed E-state index contributed by atoms with van der Waals surface area (Å²) in [5.74, 6) is -0.0793. The second-order valence-electron chi connectivity index (χ2n) is 5.00. The van der Waals surface area contributed by atoms with Crippen LogP contribution in [0.15, 0.2) is 24.4 Å². The van der Waals surface area contributed by atoms with E-state index in [1.54, 1.807) is 6.20 Å². The van der Waals surface area contributed by atoms with Gasteiger partial charge in [0.2, 0.25) is 5.91 Å². The molecule has 0 radical (unpaired) electrons. The Hall–Kier alpha value is -1.91. The number of pyridine rings is 1. The lowest BCUT2D eigenvalue weighted by molar-refractivity contribution is -0.148. The summed E-state index contributed by atoms with van der Waals surface area (Å²) in [4.78, 5) is 29.6. The van der Waals surface area contributed by atoms with Crippen LogP contribution in [0.4, 0.5) is 0 Å². The number of hydrogen-bond donors (Lipinski definition) is 0. The van der Waals surface area contributed by atoms with E-state index in [0.717, 1.165) is 5.69 Å². The first kappa shape index (κ1) is 14.5. The zero-order valence-corrected chi connectivity index (χ0v) is 11.7. The Morgan fingerprint density at radius 2 is 2.10 bits per heavy atom. The van der Waals surface area contributed by atoms with Gasteiger partial charge in [0.1, 0.15) is 0 Å². The third kappa shape index (κ3) is 3.79. The lowest BCUT2D eigenvalue weighted by Gasteiger charge is -2.30. The lowest BCUT2D eigenvalue weighted by Crippen LogP contribution is -2.40. The molecule has 0 aromatic carbocycles. The molecule has 0 aliphatic carbocycles. The highest BCUT2D eigenvalue weighted by Crippen LogP contribution is 2.19. The van der Waals surface area contributed by atoms with Gasteiger partial charge in [-0.1, -0.05) is 6.07 Å². The first-order valence-electron chi connectivity index (χ1n) is 6.96. The van der Waals surface area contributed by atoms with Gasteiger partial charge in [-0.2, -0.15) is 0 Å². The van der Waals surface area contributed by atoms with E-state index in [-0.39, 0.29) is 17.8 Å². The van der Waals surface area contributed by atoms with Crippen molar-refractivity contribution in [2.45, 2.75) is 25.7 Å². The number of carbonyl (C=O) groups excluding carboxylic acids is 2. The van der Waals surface area contributed by atoms with Crippen LogP contribution in [0.3, 0.4) is 0 Å². The zero-order chi connectivity index (χ0) is 14.4. The summed E-state index contributed by atoms with van der Waals surface area (Å²) < 4.78 is 4.74. The number of methoxy groups -OCH3 is 1. The van der Waals surface area contributed by atoms with E-state index in [4.69, 9.17) is 4.74 Å². The van der Waals surface area contributed by atoms with Crippen LogP contribution in [0.25, 0.3) is 0 Å². The zero-order valence-electron chi connectivity index (χ0n) is 11.7. The Bertz CT molecular complexity index is 453. The highest BCUT2D eigenvalue weighted by molar-refractivity contribution is 5.77. The quantitative estimate of drug-likeness (QED) is 0.780. The molecular weight excluding hydrogens is 256 g/mol. The van der Waals surface area contributed by atoms with Crippen molar-refractivity contribution in [3.63, 3.8) is 0 Å². The molecule has 2 heterocycles. The topological polar surface area (TPSA) is 59.5 Å². The van der Waals surface area contributed by atoms with Crippen molar-refractivity contribution in [3.05, 3.63) is 30.1 Å². The van der Waals surface area contributed by atoms with E-state index in [9.17, 15) is 9.59 Å². The van der Waals surface area contributed by atoms with Gasteiger partial charge < -0.3 is 9.64 Å². The van der Waals surface area contributed by atoms with Gasteiger partial charge in [0.05, 0.1) is 13.0 Å². The van der Waals surface area contributed by atoms with Gasteiger partial charge in [0.15, 0.2) is 0 Å². The molecule has 1 saturated heterocycles. The maximum atomic E-state index is 12.1. The molecule has 1 aromatic heterocycles. The van der Waals surface area contributed by atoms with E-state index < -0.39 is 0 Å². The number of amides is 1. The summed E-state index contributed by atoms with van der Waals surface area (Å²) in [7, 11) is 1.41. The Morgan fingerprint density at radius 1 is 1.35 bits per heavy atom. The van der Waals surface area contributed by atoms with Crippen molar-refractivity contribution in [1.29, 1.82) is 0 Å². The largest absolute Gasteiger partial charge is 0.469 e. The van der Waals surface area contributed by atoms with Gasteiger partial charge in [-0.3, -0.25) is 14.6 Å². The molecule has 1 amide bonds. The van der Waals surface area contributed by atoms with Gasteiger partial charge in [0.25, 0.3) is 0 Å². The molecule has 20 heavy (non-hydrogen) atoms. The standard InChI is InChI=1S/C15H20N2O3/c1-20-15(19)12-7-10-17(11-8-12)14(18)6-5-13-4-2-3-9-16-13/h2-4,9,12H,5-8,10-11H2,1H3. The monoisotopic (exact) mass is 276 g/mol. The number of piperidine rings is 1. The molecule has 0 spiro atoms. The minimum absolute atomic E-state index is 0.0557. The summed E-state index contributed by atoms with van der Waals surface area (Å²) in [5.41, 5.74) is 0.935. The van der Waals surface area contributed by atoms with E-state index in [1.807, 2.05) is 23.1 Å². The molecule has 108 valence electrons. The van der Waals surface area contributed by atoms with Crippen LogP contribution in [-0.4, -0.2) is 42.0 Å². The van der Waals surface area contributed by atoms with Crippen molar-refractivity contribution in [2.24, 2.45) is 5.92 Å². The Labute approximate surface area is 118 Å². The molecule has 0 saturated carbocycles. The molecule has 0 unspecified atom stereocenters. The Morgan fingerprint density at radius 3 is 2.70 bits per heavy atom. The average Bonchev–Trinajstić information content (AvgIpc) is 2.53. The molecule has 0 N–H and O–H groups in total. The minimum atomic E-state index is -0.161. The number of likely N-dealkylation sites (tertiary alicyclic amines) is 1. The van der Waals surface area contributed by atoms with Crippen LogP contribution in [0, 0.1) is 5.92 Å². The van der Waals surface area contributed by atoms with Gasteiger partial charge >= 0.3 is 5.97 Å². The maximum Gasteiger partial charge on any atom is 0.308 e. The van der Waals surface area contributed by atoms with Gasteiger partial charge in [-0.15, -0.1) is 0 Å². The number of esters is 1. The van der Waals surface area contributed by atoms with Crippen molar-refractivity contribution in [1.82, 2.24) is 9.88 Å². The smallest absolute Gasteiger partial charge is 0.308 e. The van der Waals surface area contributed by atoms with Crippen LogP contribution < -0.4 is 0 Å². The number of hydrogen-bond acceptors (Lipinski definition) is 4. The van der Waals surface area contributed by atoms with E-state index in [2.05, 4.69) is 4.98 Å². The summed E-state index contributed by atoms with van der Waals surface area (Å²) in [6, 6.07) is 5.72. The fraction of sp³-hybridized carbons (Fsp3) is 0.533. The van der Waals surface area contributed by atoms with Crippen LogP contribution in [0.2, 0.25) is 0 Å². The van der Waals surface area contributed by atoms with E-state index in [1.165, 1.54) is 7.11 Å². The Kier molecular flexibility index (Phi) is 5.09. The van der Waals surface area contributed by atoms with Crippen LogP contribution in [0.5, 0.6) is 0 Å². The molecular formula is C15H20N2O3.